The minimum atomic E-state index is -0.740. The summed E-state index contributed by atoms with van der Waals surface area (Å²) < 4.78 is 0. The minimum absolute atomic E-state index is 0.00540. The molecule has 1 aromatic carbocycles. The van der Waals surface area contributed by atoms with Crippen LogP contribution in [0.3, 0.4) is 0 Å². The van der Waals surface area contributed by atoms with Gasteiger partial charge in [-0.1, -0.05) is 18.2 Å². The molecule has 1 heterocycles. The van der Waals surface area contributed by atoms with Crippen LogP contribution in [0.4, 0.5) is 5.69 Å². The second-order valence-electron chi connectivity index (χ2n) is 5.44. The third kappa shape index (κ3) is 4.37. The Morgan fingerprint density at radius 2 is 2.14 bits per heavy atom. The summed E-state index contributed by atoms with van der Waals surface area (Å²) in [6, 6.07) is 10.6. The molecule has 5 nitrogen and oxygen atoms in total. The molecule has 0 bridgehead atoms. The predicted molar refractivity (Wildman–Crippen MR) is 88.2 cm³/mol. The zero-order valence-electron chi connectivity index (χ0n) is 12.7. The fourth-order valence-corrected chi connectivity index (χ4v) is 3.11. The molecule has 2 atom stereocenters. The van der Waals surface area contributed by atoms with Crippen molar-refractivity contribution in [3.63, 3.8) is 0 Å². The lowest BCUT2D eigenvalue weighted by molar-refractivity contribution is -0.385. The molecule has 1 aromatic heterocycles. The number of nitro benzene ring substituents is 1. The van der Waals surface area contributed by atoms with Gasteiger partial charge in [0.15, 0.2) is 0 Å². The minimum Gasteiger partial charge on any atom is -0.387 e. The Kier molecular flexibility index (Phi) is 5.65. The molecular formula is C16H20N2O3S. The molecule has 0 aliphatic heterocycles. The van der Waals surface area contributed by atoms with Gasteiger partial charge in [0, 0.05) is 29.6 Å². The third-order valence-electron chi connectivity index (χ3n) is 3.76. The van der Waals surface area contributed by atoms with E-state index in [4.69, 9.17) is 0 Å². The van der Waals surface area contributed by atoms with Crippen molar-refractivity contribution in [2.45, 2.75) is 25.5 Å². The number of nitrogens with zero attached hydrogens (tertiary/aromatic N) is 2. The summed E-state index contributed by atoms with van der Waals surface area (Å²) in [4.78, 5) is 13.7. The van der Waals surface area contributed by atoms with Crippen molar-refractivity contribution in [2.75, 3.05) is 13.6 Å². The smallest absolute Gasteiger partial charge is 0.269 e. The Morgan fingerprint density at radius 3 is 2.77 bits per heavy atom. The molecule has 2 unspecified atom stereocenters. The van der Waals surface area contributed by atoms with Gasteiger partial charge in [0.05, 0.1) is 11.0 Å². The Morgan fingerprint density at radius 1 is 1.36 bits per heavy atom. The summed E-state index contributed by atoms with van der Waals surface area (Å²) in [5.74, 6) is 0. The maximum Gasteiger partial charge on any atom is 0.269 e. The average molecular weight is 320 g/mol. The molecule has 118 valence electrons. The quantitative estimate of drug-likeness (QED) is 0.628. The Bertz CT molecular complexity index is 616. The first kappa shape index (κ1) is 16.6. The summed E-state index contributed by atoms with van der Waals surface area (Å²) in [6.07, 6.45) is 0.186. The summed E-state index contributed by atoms with van der Waals surface area (Å²) in [6.45, 7) is 2.55. The van der Waals surface area contributed by atoms with Gasteiger partial charge in [-0.3, -0.25) is 10.1 Å². The molecule has 2 rings (SSSR count). The van der Waals surface area contributed by atoms with Crippen LogP contribution in [0.2, 0.25) is 0 Å². The highest BCUT2D eigenvalue weighted by Gasteiger charge is 2.17. The molecule has 0 amide bonds. The number of aliphatic hydroxyl groups excluding tert-OH is 1. The van der Waals surface area contributed by atoms with E-state index in [-0.39, 0.29) is 11.7 Å². The van der Waals surface area contributed by atoms with Crippen LogP contribution in [0.15, 0.2) is 41.8 Å². The number of rotatable bonds is 7. The van der Waals surface area contributed by atoms with Crippen LogP contribution >= 0.6 is 11.3 Å². The van der Waals surface area contributed by atoms with E-state index in [1.807, 2.05) is 13.1 Å². The maximum absolute atomic E-state index is 10.8. The zero-order chi connectivity index (χ0) is 16.1. The molecule has 22 heavy (non-hydrogen) atoms. The number of non-ortho nitro benzene ring substituents is 1. The Labute approximate surface area is 134 Å². The second kappa shape index (κ2) is 7.49. The number of thiophene rings is 1. The first-order valence-electron chi connectivity index (χ1n) is 7.12. The number of hydrogen-bond donors (Lipinski definition) is 1. The molecule has 0 radical (unpaired) electrons. The first-order valence-corrected chi connectivity index (χ1v) is 8.00. The zero-order valence-corrected chi connectivity index (χ0v) is 13.5. The van der Waals surface area contributed by atoms with Crippen molar-refractivity contribution >= 4 is 17.0 Å². The van der Waals surface area contributed by atoms with Gasteiger partial charge >= 0.3 is 0 Å². The monoisotopic (exact) mass is 320 g/mol. The molecule has 1 N–H and O–H groups in total. The first-order chi connectivity index (χ1) is 10.5. The Balaban J connectivity index is 1.96. The number of likely N-dealkylation sites (N-methyl/N-ethyl adjacent to an activating group) is 1. The average Bonchev–Trinajstić information content (AvgIpc) is 3.00. The van der Waals surface area contributed by atoms with E-state index in [2.05, 4.69) is 23.3 Å². The lowest BCUT2D eigenvalue weighted by Gasteiger charge is -2.26. The van der Waals surface area contributed by atoms with Crippen molar-refractivity contribution < 1.29 is 10.0 Å². The number of nitro groups is 1. The van der Waals surface area contributed by atoms with Gasteiger partial charge in [0.1, 0.15) is 0 Å². The second-order valence-corrected chi connectivity index (χ2v) is 6.47. The van der Waals surface area contributed by atoms with Crippen LogP contribution in [0.1, 0.15) is 23.5 Å². The van der Waals surface area contributed by atoms with Crippen LogP contribution in [-0.2, 0) is 6.42 Å². The molecule has 0 saturated heterocycles. The van der Waals surface area contributed by atoms with Crippen molar-refractivity contribution in [1.29, 1.82) is 0 Å². The van der Waals surface area contributed by atoms with Gasteiger partial charge in [-0.2, -0.15) is 0 Å². The molecule has 0 saturated carbocycles. The van der Waals surface area contributed by atoms with Crippen LogP contribution in [0.25, 0.3) is 0 Å². The van der Waals surface area contributed by atoms with Crippen LogP contribution < -0.4 is 0 Å². The molecular weight excluding hydrogens is 300 g/mol. The van der Waals surface area contributed by atoms with Crippen LogP contribution in [0, 0.1) is 10.1 Å². The van der Waals surface area contributed by atoms with E-state index in [1.165, 1.54) is 17.0 Å². The predicted octanol–water partition coefficient (Wildman–Crippen LogP) is 3.25. The largest absolute Gasteiger partial charge is 0.387 e. The van der Waals surface area contributed by atoms with Gasteiger partial charge in [0.25, 0.3) is 5.69 Å². The summed E-state index contributed by atoms with van der Waals surface area (Å²) in [7, 11) is 1.96. The van der Waals surface area contributed by atoms with E-state index < -0.39 is 11.0 Å². The van der Waals surface area contributed by atoms with E-state index >= 15 is 0 Å². The molecule has 6 heteroatoms. The normalized spacial score (nSPS) is 14.0. The van der Waals surface area contributed by atoms with E-state index in [9.17, 15) is 15.2 Å². The maximum atomic E-state index is 10.8. The van der Waals surface area contributed by atoms with Crippen molar-refractivity contribution in [3.05, 3.63) is 62.3 Å². The lowest BCUT2D eigenvalue weighted by Crippen LogP contribution is -2.34. The fraction of sp³-hybridized carbons (Fsp3) is 0.375. The number of hydrogen-bond acceptors (Lipinski definition) is 5. The van der Waals surface area contributed by atoms with Crippen LogP contribution in [0.5, 0.6) is 0 Å². The molecule has 0 spiro atoms. The van der Waals surface area contributed by atoms with Gasteiger partial charge in [0.2, 0.25) is 0 Å². The molecule has 2 aromatic rings. The molecule has 0 aliphatic rings. The highest BCUT2D eigenvalue weighted by Crippen LogP contribution is 2.21. The summed E-state index contributed by atoms with van der Waals surface area (Å²) in [5.41, 5.74) is 0.579. The Hall–Kier alpha value is -1.76. The highest BCUT2D eigenvalue weighted by atomic mass is 32.1. The van der Waals surface area contributed by atoms with Crippen molar-refractivity contribution in [3.8, 4) is 0 Å². The standard InChI is InChI=1S/C16H20N2O3S/c1-12(9-15-7-4-8-22-15)17(2)11-16(19)13-5-3-6-14(10-13)18(20)21/h3-8,10,12,16,19H,9,11H2,1-2H3. The number of benzene rings is 1. The SMILES string of the molecule is CC(Cc1cccs1)N(C)CC(O)c1cccc([N+](=O)[O-])c1. The van der Waals surface area contributed by atoms with E-state index in [0.29, 0.717) is 12.1 Å². The fourth-order valence-electron chi connectivity index (χ4n) is 2.28. The lowest BCUT2D eigenvalue weighted by atomic mass is 10.1. The van der Waals surface area contributed by atoms with E-state index in [0.717, 1.165) is 6.42 Å². The third-order valence-corrected chi connectivity index (χ3v) is 4.65. The van der Waals surface area contributed by atoms with Crippen molar-refractivity contribution in [1.82, 2.24) is 4.90 Å². The highest BCUT2D eigenvalue weighted by molar-refractivity contribution is 7.09. The van der Waals surface area contributed by atoms with Gasteiger partial charge < -0.3 is 10.0 Å². The molecule has 0 fully saturated rings. The van der Waals surface area contributed by atoms with E-state index in [1.54, 1.807) is 23.5 Å². The molecule has 0 aliphatic carbocycles. The van der Waals surface area contributed by atoms with Crippen LogP contribution in [-0.4, -0.2) is 34.6 Å². The van der Waals surface area contributed by atoms with Crippen molar-refractivity contribution in [2.24, 2.45) is 0 Å². The van der Waals surface area contributed by atoms with Gasteiger partial charge in [-0.15, -0.1) is 11.3 Å². The summed E-state index contributed by atoms with van der Waals surface area (Å²) in [5, 5.41) is 23.2. The van der Waals surface area contributed by atoms with Gasteiger partial charge in [-0.25, -0.2) is 0 Å². The topological polar surface area (TPSA) is 66.6 Å². The number of aliphatic hydroxyl groups is 1. The summed E-state index contributed by atoms with van der Waals surface area (Å²) >= 11 is 1.72. The van der Waals surface area contributed by atoms with Gasteiger partial charge in [-0.05, 0) is 37.4 Å².